The number of allylic oxidation sites excluding steroid dienone is 1. The molecule has 1 aromatic carbocycles. The molecule has 2 aromatic rings. The van der Waals surface area contributed by atoms with Gasteiger partial charge in [-0.1, -0.05) is 11.6 Å². The van der Waals surface area contributed by atoms with Gasteiger partial charge in [-0.25, -0.2) is 5.43 Å². The maximum atomic E-state index is 11.8. The lowest BCUT2D eigenvalue weighted by Gasteiger charge is -2.03. The Morgan fingerprint density at radius 3 is 2.86 bits per heavy atom. The van der Waals surface area contributed by atoms with Crippen molar-refractivity contribution in [2.24, 2.45) is 10.3 Å². The summed E-state index contributed by atoms with van der Waals surface area (Å²) < 4.78 is 5.01. The molecule has 7 heteroatoms. The molecule has 0 radical (unpaired) electrons. The second-order valence-corrected chi connectivity index (χ2v) is 4.37. The van der Waals surface area contributed by atoms with Crippen LogP contribution in [-0.2, 0) is 0 Å². The third-order valence-electron chi connectivity index (χ3n) is 2.69. The third-order valence-corrected chi connectivity index (χ3v) is 2.69. The topological polar surface area (TPSA) is 104 Å². The van der Waals surface area contributed by atoms with Crippen molar-refractivity contribution in [3.63, 3.8) is 0 Å². The molecule has 0 atom stereocenters. The van der Waals surface area contributed by atoms with Gasteiger partial charge < -0.3 is 9.52 Å². The fraction of sp³-hybridized carbons (Fsp3) is 0.0667. The Hall–Kier alpha value is -3.22. The van der Waals surface area contributed by atoms with Crippen molar-refractivity contribution in [3.05, 3.63) is 58.2 Å². The van der Waals surface area contributed by atoms with Crippen molar-refractivity contribution in [3.8, 4) is 5.75 Å². The number of benzene rings is 1. The van der Waals surface area contributed by atoms with E-state index in [1.54, 1.807) is 24.3 Å². The van der Waals surface area contributed by atoms with Crippen LogP contribution in [0.4, 0.5) is 5.88 Å². The Balaban J connectivity index is 1.93. The number of hydrazone groups is 1. The van der Waals surface area contributed by atoms with E-state index in [1.165, 1.54) is 24.4 Å². The molecule has 7 nitrogen and oxygen atoms in total. The first-order valence-corrected chi connectivity index (χ1v) is 6.33. The average Bonchev–Trinajstić information content (AvgIpc) is 2.97. The van der Waals surface area contributed by atoms with Crippen LogP contribution in [0.15, 0.2) is 51.1 Å². The van der Waals surface area contributed by atoms with E-state index in [9.17, 15) is 14.8 Å². The minimum absolute atomic E-state index is 0.0141. The summed E-state index contributed by atoms with van der Waals surface area (Å²) in [5.74, 6) is -0.210. The molecule has 0 aliphatic carbocycles. The summed E-state index contributed by atoms with van der Waals surface area (Å²) in [7, 11) is 0. The highest BCUT2D eigenvalue weighted by molar-refractivity contribution is 5.97. The predicted molar refractivity (Wildman–Crippen MR) is 82.0 cm³/mol. The number of carbonyl (C=O) groups is 1. The molecule has 1 aromatic heterocycles. The molecule has 0 unspecified atom stereocenters. The summed E-state index contributed by atoms with van der Waals surface area (Å²) in [5.41, 5.74) is 3.29. The van der Waals surface area contributed by atoms with Crippen LogP contribution >= 0.6 is 0 Å². The van der Waals surface area contributed by atoms with Crippen LogP contribution in [0.1, 0.15) is 21.7 Å². The molecule has 0 aliphatic rings. The first kappa shape index (κ1) is 15.2. The van der Waals surface area contributed by atoms with Gasteiger partial charge in [-0.3, -0.25) is 4.79 Å². The molecule has 1 heterocycles. The first-order valence-electron chi connectivity index (χ1n) is 6.33. The number of nitroso groups, excluding NO2 is 1. The summed E-state index contributed by atoms with van der Waals surface area (Å²) >= 11 is 0. The minimum atomic E-state index is -0.517. The van der Waals surface area contributed by atoms with Gasteiger partial charge in [0.1, 0.15) is 11.5 Å². The summed E-state index contributed by atoms with van der Waals surface area (Å²) in [5, 5.41) is 16.0. The van der Waals surface area contributed by atoms with Crippen LogP contribution in [0.3, 0.4) is 0 Å². The number of rotatable bonds is 5. The Kier molecular flexibility index (Phi) is 4.81. The summed E-state index contributed by atoms with van der Waals surface area (Å²) in [6.07, 6.45) is 4.40. The molecule has 0 saturated carbocycles. The van der Waals surface area contributed by atoms with E-state index >= 15 is 0 Å². The van der Waals surface area contributed by atoms with E-state index in [0.29, 0.717) is 5.76 Å². The fourth-order valence-corrected chi connectivity index (χ4v) is 1.65. The standard InChI is InChI=1S/C15H13N3O4/c1-10-4-6-13(19)12(9-10)15(20)17-16-8-2-3-11-5-7-14(18-21)22-11/h2-9,19H,1H3,(H,17,20)/b3-2+,16-8+. The highest BCUT2D eigenvalue weighted by Gasteiger charge is 2.09. The van der Waals surface area contributed by atoms with Gasteiger partial charge in [0.25, 0.3) is 11.8 Å². The fourth-order valence-electron chi connectivity index (χ4n) is 1.65. The van der Waals surface area contributed by atoms with E-state index in [4.69, 9.17) is 4.42 Å². The summed E-state index contributed by atoms with van der Waals surface area (Å²) in [6, 6.07) is 7.72. The van der Waals surface area contributed by atoms with Crippen LogP contribution in [0, 0.1) is 11.8 Å². The van der Waals surface area contributed by atoms with Gasteiger partial charge in [-0.05, 0) is 37.3 Å². The molecule has 1 amide bonds. The van der Waals surface area contributed by atoms with Crippen LogP contribution in [-0.4, -0.2) is 17.2 Å². The van der Waals surface area contributed by atoms with Crippen LogP contribution in [0.2, 0.25) is 0 Å². The Morgan fingerprint density at radius 1 is 1.32 bits per heavy atom. The van der Waals surface area contributed by atoms with Crippen LogP contribution < -0.4 is 5.43 Å². The number of furan rings is 1. The molecular weight excluding hydrogens is 286 g/mol. The van der Waals surface area contributed by atoms with Gasteiger partial charge in [-0.2, -0.15) is 5.10 Å². The zero-order valence-electron chi connectivity index (χ0n) is 11.7. The van der Waals surface area contributed by atoms with Crippen molar-refractivity contribution in [1.82, 2.24) is 5.43 Å². The molecule has 2 N–H and O–H groups in total. The molecule has 0 spiro atoms. The second kappa shape index (κ2) is 6.98. The maximum Gasteiger partial charge on any atom is 0.275 e. The van der Waals surface area contributed by atoms with E-state index in [1.807, 2.05) is 6.92 Å². The van der Waals surface area contributed by atoms with Crippen molar-refractivity contribution in [2.45, 2.75) is 6.92 Å². The van der Waals surface area contributed by atoms with Crippen molar-refractivity contribution in [1.29, 1.82) is 0 Å². The van der Waals surface area contributed by atoms with E-state index in [-0.39, 0.29) is 17.2 Å². The number of carbonyl (C=O) groups excluding carboxylic acids is 1. The summed E-state index contributed by atoms with van der Waals surface area (Å²) in [4.78, 5) is 22.0. The number of hydrogen-bond donors (Lipinski definition) is 2. The quantitative estimate of drug-likeness (QED) is 0.502. The van der Waals surface area contributed by atoms with Gasteiger partial charge in [-0.15, -0.1) is 4.91 Å². The second-order valence-electron chi connectivity index (χ2n) is 4.37. The Labute approximate surface area is 125 Å². The van der Waals surface area contributed by atoms with Gasteiger partial charge in [0, 0.05) is 17.5 Å². The molecule has 0 fully saturated rings. The molecule has 0 aliphatic heterocycles. The lowest BCUT2D eigenvalue weighted by molar-refractivity contribution is 0.0952. The molecule has 0 saturated heterocycles. The van der Waals surface area contributed by atoms with Gasteiger partial charge in [0.2, 0.25) is 0 Å². The van der Waals surface area contributed by atoms with E-state index in [0.717, 1.165) is 5.56 Å². The number of phenols is 1. The highest BCUT2D eigenvalue weighted by Crippen LogP contribution is 2.18. The number of nitrogens with zero attached hydrogens (tertiary/aromatic N) is 2. The smallest absolute Gasteiger partial charge is 0.275 e. The first-order chi connectivity index (χ1) is 10.6. The minimum Gasteiger partial charge on any atom is -0.507 e. The molecule has 22 heavy (non-hydrogen) atoms. The van der Waals surface area contributed by atoms with Crippen LogP contribution in [0.5, 0.6) is 5.75 Å². The third kappa shape index (κ3) is 3.89. The largest absolute Gasteiger partial charge is 0.507 e. The lowest BCUT2D eigenvalue weighted by Crippen LogP contribution is -2.17. The number of phenolic OH excluding ortho intramolecular Hbond substituents is 1. The molecule has 112 valence electrons. The summed E-state index contributed by atoms with van der Waals surface area (Å²) in [6.45, 7) is 1.81. The zero-order chi connectivity index (χ0) is 15.9. The predicted octanol–water partition coefficient (Wildman–Crippen LogP) is 3.12. The SMILES string of the molecule is Cc1ccc(O)c(C(=O)N/N=C/C=C/c2ccc(N=O)o2)c1. The number of aryl methyl sites for hydroxylation is 1. The zero-order valence-corrected chi connectivity index (χ0v) is 11.7. The Morgan fingerprint density at radius 2 is 2.14 bits per heavy atom. The monoisotopic (exact) mass is 299 g/mol. The number of nitrogens with one attached hydrogen (secondary N) is 1. The molecular formula is C15H13N3O4. The van der Waals surface area contributed by atoms with Gasteiger partial charge in [0.05, 0.1) is 5.56 Å². The normalized spacial score (nSPS) is 11.1. The van der Waals surface area contributed by atoms with Gasteiger partial charge >= 0.3 is 0 Å². The number of hydrogen-bond acceptors (Lipinski definition) is 6. The van der Waals surface area contributed by atoms with Crippen molar-refractivity contribution in [2.75, 3.05) is 0 Å². The van der Waals surface area contributed by atoms with Crippen molar-refractivity contribution >= 4 is 24.1 Å². The molecule has 2 rings (SSSR count). The highest BCUT2D eigenvalue weighted by atomic mass is 16.4. The van der Waals surface area contributed by atoms with Crippen LogP contribution in [0.25, 0.3) is 6.08 Å². The molecule has 0 bridgehead atoms. The maximum absolute atomic E-state index is 11.8. The van der Waals surface area contributed by atoms with Crippen molar-refractivity contribution < 1.29 is 14.3 Å². The van der Waals surface area contributed by atoms with Gasteiger partial charge in [0.15, 0.2) is 0 Å². The number of aromatic hydroxyl groups is 1. The van der Waals surface area contributed by atoms with E-state index < -0.39 is 5.91 Å². The number of amides is 1. The average molecular weight is 299 g/mol. The lowest BCUT2D eigenvalue weighted by atomic mass is 10.1. The van der Waals surface area contributed by atoms with E-state index in [2.05, 4.69) is 15.7 Å². The Bertz CT molecular complexity index is 747.